The van der Waals surface area contributed by atoms with Crippen LogP contribution >= 0.6 is 23.4 Å². The fourth-order valence-corrected chi connectivity index (χ4v) is 2.75. The first-order chi connectivity index (χ1) is 10.2. The number of para-hydroxylation sites is 2. The number of hydrogen-bond donors (Lipinski definition) is 1. The number of anilines is 1. The van der Waals surface area contributed by atoms with Gasteiger partial charge in [0.2, 0.25) is 5.91 Å². The molecular weight excluding hydrogens is 306 g/mol. The van der Waals surface area contributed by atoms with Crippen LogP contribution < -0.4 is 10.1 Å². The predicted molar refractivity (Wildman–Crippen MR) is 88.4 cm³/mol. The van der Waals surface area contributed by atoms with Crippen molar-refractivity contribution < 1.29 is 9.53 Å². The number of benzene rings is 2. The van der Waals surface area contributed by atoms with Gasteiger partial charge in [-0.1, -0.05) is 29.8 Å². The average molecular weight is 322 g/mol. The summed E-state index contributed by atoms with van der Waals surface area (Å²) in [6.45, 7) is 2.47. The molecule has 21 heavy (non-hydrogen) atoms. The minimum Gasteiger partial charge on any atom is -0.492 e. The molecule has 0 aliphatic heterocycles. The number of carbonyl (C=O) groups is 1. The average Bonchev–Trinajstić information content (AvgIpc) is 2.48. The van der Waals surface area contributed by atoms with E-state index in [1.807, 2.05) is 55.5 Å². The summed E-state index contributed by atoms with van der Waals surface area (Å²) in [5.74, 6) is 0.925. The molecule has 0 aliphatic carbocycles. The van der Waals surface area contributed by atoms with Crippen molar-refractivity contribution in [2.24, 2.45) is 0 Å². The highest BCUT2D eigenvalue weighted by molar-refractivity contribution is 8.00. The lowest BCUT2D eigenvalue weighted by atomic mass is 10.3. The van der Waals surface area contributed by atoms with Gasteiger partial charge in [-0.25, -0.2) is 0 Å². The third kappa shape index (κ3) is 4.99. The van der Waals surface area contributed by atoms with E-state index >= 15 is 0 Å². The molecule has 0 bridgehead atoms. The topological polar surface area (TPSA) is 38.3 Å². The number of carbonyl (C=O) groups excluding carboxylic acids is 1. The van der Waals surface area contributed by atoms with Crippen LogP contribution in [-0.2, 0) is 4.79 Å². The molecule has 0 aliphatic rings. The van der Waals surface area contributed by atoms with E-state index in [1.165, 1.54) is 11.8 Å². The second kappa shape index (κ2) is 7.96. The van der Waals surface area contributed by atoms with Gasteiger partial charge in [-0.15, -0.1) is 11.8 Å². The van der Waals surface area contributed by atoms with Crippen LogP contribution in [0.4, 0.5) is 5.69 Å². The lowest BCUT2D eigenvalue weighted by Crippen LogP contribution is -2.14. The lowest BCUT2D eigenvalue weighted by Gasteiger charge is -2.11. The molecule has 1 amide bonds. The van der Waals surface area contributed by atoms with E-state index in [0.29, 0.717) is 28.8 Å². The van der Waals surface area contributed by atoms with Crippen molar-refractivity contribution in [3.63, 3.8) is 0 Å². The van der Waals surface area contributed by atoms with Crippen LogP contribution in [0, 0.1) is 0 Å². The monoisotopic (exact) mass is 321 g/mol. The van der Waals surface area contributed by atoms with Gasteiger partial charge in [-0.3, -0.25) is 4.79 Å². The molecule has 0 radical (unpaired) electrons. The van der Waals surface area contributed by atoms with E-state index in [2.05, 4.69) is 5.32 Å². The predicted octanol–water partition coefficient (Wildman–Crippen LogP) is 4.47. The first-order valence-corrected chi connectivity index (χ1v) is 7.95. The summed E-state index contributed by atoms with van der Waals surface area (Å²) < 4.78 is 5.48. The summed E-state index contributed by atoms with van der Waals surface area (Å²) in [6, 6.07) is 14.8. The zero-order chi connectivity index (χ0) is 15.1. The second-order valence-corrected chi connectivity index (χ2v) is 5.71. The fraction of sp³-hybridized carbons (Fsp3) is 0.188. The Morgan fingerprint density at radius 1 is 1.24 bits per heavy atom. The molecule has 0 aromatic heterocycles. The van der Waals surface area contributed by atoms with Crippen molar-refractivity contribution in [2.45, 2.75) is 11.8 Å². The van der Waals surface area contributed by atoms with Gasteiger partial charge in [-0.05, 0) is 37.3 Å². The summed E-state index contributed by atoms with van der Waals surface area (Å²) in [7, 11) is 0. The number of halogens is 1. The van der Waals surface area contributed by atoms with Gasteiger partial charge in [0.05, 0.1) is 18.0 Å². The van der Waals surface area contributed by atoms with Gasteiger partial charge in [0.25, 0.3) is 0 Å². The van der Waals surface area contributed by atoms with Crippen molar-refractivity contribution in [2.75, 3.05) is 17.7 Å². The summed E-state index contributed by atoms with van der Waals surface area (Å²) in [6.07, 6.45) is 0. The maximum absolute atomic E-state index is 12.0. The van der Waals surface area contributed by atoms with Crippen molar-refractivity contribution in [3.05, 3.63) is 53.6 Å². The quantitative estimate of drug-likeness (QED) is 0.798. The number of hydrogen-bond acceptors (Lipinski definition) is 3. The smallest absolute Gasteiger partial charge is 0.234 e. The second-order valence-electron chi connectivity index (χ2n) is 4.22. The molecule has 0 spiro atoms. The lowest BCUT2D eigenvalue weighted by molar-refractivity contribution is -0.113. The maximum Gasteiger partial charge on any atom is 0.234 e. The number of thioether (sulfide) groups is 1. The molecule has 3 nitrogen and oxygen atoms in total. The van der Waals surface area contributed by atoms with Gasteiger partial charge in [-0.2, -0.15) is 0 Å². The van der Waals surface area contributed by atoms with Crippen LogP contribution in [0.2, 0.25) is 5.02 Å². The van der Waals surface area contributed by atoms with E-state index < -0.39 is 0 Å². The molecule has 2 aromatic carbocycles. The SMILES string of the molecule is CCOc1ccccc1NC(=O)CSc1cccc(Cl)c1. The molecular formula is C16H16ClNO2S. The standard InChI is InChI=1S/C16H16ClNO2S/c1-2-20-15-9-4-3-8-14(15)18-16(19)11-21-13-7-5-6-12(17)10-13/h3-10H,2,11H2,1H3,(H,18,19). The van der Waals surface area contributed by atoms with Crippen LogP contribution in [0.25, 0.3) is 0 Å². The number of amides is 1. The largest absolute Gasteiger partial charge is 0.492 e. The Morgan fingerprint density at radius 2 is 2.05 bits per heavy atom. The molecule has 5 heteroatoms. The summed E-state index contributed by atoms with van der Waals surface area (Å²) in [5, 5.41) is 3.53. The van der Waals surface area contributed by atoms with E-state index in [4.69, 9.17) is 16.3 Å². The molecule has 0 heterocycles. The number of nitrogens with one attached hydrogen (secondary N) is 1. The Kier molecular flexibility index (Phi) is 5.96. The van der Waals surface area contributed by atoms with Crippen molar-refractivity contribution in [1.82, 2.24) is 0 Å². The Hall–Kier alpha value is -1.65. The molecule has 1 N–H and O–H groups in total. The molecule has 2 aromatic rings. The molecule has 110 valence electrons. The van der Waals surface area contributed by atoms with Gasteiger partial charge in [0, 0.05) is 9.92 Å². The van der Waals surface area contributed by atoms with Gasteiger partial charge >= 0.3 is 0 Å². The molecule has 0 fully saturated rings. The van der Waals surface area contributed by atoms with Crippen LogP contribution in [0.15, 0.2) is 53.4 Å². The minimum absolute atomic E-state index is 0.0767. The Labute approximate surface area is 133 Å². The number of rotatable bonds is 6. The highest BCUT2D eigenvalue weighted by atomic mass is 35.5. The third-order valence-electron chi connectivity index (χ3n) is 2.63. The molecule has 0 unspecified atom stereocenters. The van der Waals surface area contributed by atoms with Gasteiger partial charge in [0.15, 0.2) is 0 Å². The normalized spacial score (nSPS) is 10.2. The van der Waals surface area contributed by atoms with Crippen LogP contribution in [0.5, 0.6) is 5.75 Å². The van der Waals surface area contributed by atoms with E-state index in [-0.39, 0.29) is 5.91 Å². The molecule has 0 saturated carbocycles. The summed E-state index contributed by atoms with van der Waals surface area (Å²) in [4.78, 5) is 13.0. The molecule has 0 saturated heterocycles. The summed E-state index contributed by atoms with van der Waals surface area (Å²) >= 11 is 7.36. The van der Waals surface area contributed by atoms with Crippen molar-refractivity contribution in [1.29, 1.82) is 0 Å². The van der Waals surface area contributed by atoms with E-state index in [0.717, 1.165) is 4.90 Å². The van der Waals surface area contributed by atoms with Gasteiger partial charge < -0.3 is 10.1 Å². The van der Waals surface area contributed by atoms with Crippen molar-refractivity contribution >= 4 is 35.0 Å². The zero-order valence-electron chi connectivity index (χ0n) is 11.6. The van der Waals surface area contributed by atoms with Crippen molar-refractivity contribution in [3.8, 4) is 5.75 Å². The highest BCUT2D eigenvalue weighted by Gasteiger charge is 2.08. The first kappa shape index (κ1) is 15.7. The Morgan fingerprint density at radius 3 is 2.81 bits per heavy atom. The Balaban J connectivity index is 1.93. The summed E-state index contributed by atoms with van der Waals surface area (Å²) in [5.41, 5.74) is 0.691. The van der Waals surface area contributed by atoms with E-state index in [9.17, 15) is 4.79 Å². The maximum atomic E-state index is 12.0. The first-order valence-electron chi connectivity index (χ1n) is 6.59. The van der Waals surface area contributed by atoms with Crippen LogP contribution in [-0.4, -0.2) is 18.3 Å². The highest BCUT2D eigenvalue weighted by Crippen LogP contribution is 2.25. The van der Waals surface area contributed by atoms with Gasteiger partial charge in [0.1, 0.15) is 5.75 Å². The van der Waals surface area contributed by atoms with Crippen LogP contribution in [0.1, 0.15) is 6.92 Å². The fourth-order valence-electron chi connectivity index (χ4n) is 1.74. The molecule has 0 atom stereocenters. The minimum atomic E-state index is -0.0767. The third-order valence-corrected chi connectivity index (χ3v) is 3.86. The zero-order valence-corrected chi connectivity index (χ0v) is 13.2. The van der Waals surface area contributed by atoms with E-state index in [1.54, 1.807) is 0 Å². The van der Waals surface area contributed by atoms with Crippen LogP contribution in [0.3, 0.4) is 0 Å². The Bertz CT molecular complexity index is 619. The number of ether oxygens (including phenoxy) is 1. The molecule has 2 rings (SSSR count).